The lowest BCUT2D eigenvalue weighted by Gasteiger charge is -2.16. The number of amides is 1. The Labute approximate surface area is 103 Å². The van der Waals surface area contributed by atoms with Crippen LogP contribution in [0, 0.1) is 11.3 Å². The maximum Gasteiger partial charge on any atom is 0.226 e. The number of carbonyl (C=O) groups excluding carboxylic acids is 1. The van der Waals surface area contributed by atoms with Gasteiger partial charge in [0.2, 0.25) is 5.91 Å². The molecule has 3 nitrogen and oxygen atoms in total. The summed E-state index contributed by atoms with van der Waals surface area (Å²) in [6.45, 7) is 2.92. The Bertz CT molecular complexity index is 403. The van der Waals surface area contributed by atoms with E-state index in [9.17, 15) is 4.79 Å². The highest BCUT2D eigenvalue weighted by Crippen LogP contribution is 2.06. The first kappa shape index (κ1) is 13.2. The quantitative estimate of drug-likeness (QED) is 0.779. The Morgan fingerprint density at radius 2 is 2.00 bits per heavy atom. The molecule has 0 aliphatic heterocycles. The van der Waals surface area contributed by atoms with Gasteiger partial charge in [-0.15, -0.1) is 0 Å². The first-order valence-corrected chi connectivity index (χ1v) is 5.90. The molecule has 0 unspecified atom stereocenters. The standard InChI is InChI=1S/C14H18N2O/c1-3-4-9-16(2)14(17)10-12-5-7-13(11-15)8-6-12/h5-8H,3-4,9-10H2,1-2H3. The van der Waals surface area contributed by atoms with E-state index in [1.807, 2.05) is 19.2 Å². The van der Waals surface area contributed by atoms with Gasteiger partial charge in [0, 0.05) is 13.6 Å². The molecule has 0 N–H and O–H groups in total. The Kier molecular flexibility index (Phi) is 5.22. The second kappa shape index (κ2) is 6.70. The molecule has 0 aliphatic carbocycles. The van der Waals surface area contributed by atoms with Gasteiger partial charge in [0.25, 0.3) is 0 Å². The summed E-state index contributed by atoms with van der Waals surface area (Å²) in [6, 6.07) is 9.23. The average Bonchev–Trinajstić information content (AvgIpc) is 2.36. The van der Waals surface area contributed by atoms with Crippen molar-refractivity contribution in [3.05, 3.63) is 35.4 Å². The zero-order chi connectivity index (χ0) is 12.7. The summed E-state index contributed by atoms with van der Waals surface area (Å²) in [5.41, 5.74) is 1.58. The third-order valence-corrected chi connectivity index (χ3v) is 2.71. The lowest BCUT2D eigenvalue weighted by molar-refractivity contribution is -0.129. The van der Waals surface area contributed by atoms with Crippen molar-refractivity contribution in [2.45, 2.75) is 26.2 Å². The molecule has 0 aliphatic rings. The number of hydrogen-bond acceptors (Lipinski definition) is 2. The maximum atomic E-state index is 11.8. The molecular weight excluding hydrogens is 212 g/mol. The van der Waals surface area contributed by atoms with Crippen molar-refractivity contribution >= 4 is 5.91 Å². The highest BCUT2D eigenvalue weighted by molar-refractivity contribution is 5.78. The van der Waals surface area contributed by atoms with Crippen LogP contribution in [-0.2, 0) is 11.2 Å². The number of unbranched alkanes of at least 4 members (excludes halogenated alkanes) is 1. The van der Waals surface area contributed by atoms with Gasteiger partial charge < -0.3 is 4.90 Å². The van der Waals surface area contributed by atoms with Gasteiger partial charge in [0.15, 0.2) is 0 Å². The first-order valence-electron chi connectivity index (χ1n) is 5.90. The number of nitrogens with zero attached hydrogens (tertiary/aromatic N) is 2. The zero-order valence-electron chi connectivity index (χ0n) is 10.4. The molecule has 3 heteroatoms. The number of likely N-dealkylation sites (N-methyl/N-ethyl adjacent to an activating group) is 1. The minimum atomic E-state index is 0.128. The number of benzene rings is 1. The Morgan fingerprint density at radius 3 is 2.53 bits per heavy atom. The van der Waals surface area contributed by atoms with E-state index in [2.05, 4.69) is 13.0 Å². The molecule has 17 heavy (non-hydrogen) atoms. The topological polar surface area (TPSA) is 44.1 Å². The van der Waals surface area contributed by atoms with Gasteiger partial charge >= 0.3 is 0 Å². The molecule has 0 fully saturated rings. The van der Waals surface area contributed by atoms with Crippen LogP contribution in [-0.4, -0.2) is 24.4 Å². The molecule has 0 heterocycles. The predicted octanol–water partition coefficient (Wildman–Crippen LogP) is 2.36. The van der Waals surface area contributed by atoms with Gasteiger partial charge in [-0.1, -0.05) is 25.5 Å². The predicted molar refractivity (Wildman–Crippen MR) is 67.4 cm³/mol. The van der Waals surface area contributed by atoms with Crippen molar-refractivity contribution in [1.29, 1.82) is 5.26 Å². The number of rotatable bonds is 5. The van der Waals surface area contributed by atoms with Gasteiger partial charge in [0.1, 0.15) is 0 Å². The van der Waals surface area contributed by atoms with Gasteiger partial charge in [-0.2, -0.15) is 5.26 Å². The molecule has 90 valence electrons. The lowest BCUT2D eigenvalue weighted by atomic mass is 10.1. The highest BCUT2D eigenvalue weighted by Gasteiger charge is 2.08. The summed E-state index contributed by atoms with van der Waals surface area (Å²) >= 11 is 0. The van der Waals surface area contributed by atoms with Crippen molar-refractivity contribution in [2.75, 3.05) is 13.6 Å². The van der Waals surface area contributed by atoms with Crippen LogP contribution in [0.25, 0.3) is 0 Å². The second-order valence-corrected chi connectivity index (χ2v) is 4.15. The van der Waals surface area contributed by atoms with Crippen LogP contribution >= 0.6 is 0 Å². The summed E-state index contributed by atoms with van der Waals surface area (Å²) in [5.74, 6) is 0.128. The summed E-state index contributed by atoms with van der Waals surface area (Å²) in [4.78, 5) is 13.6. The molecule has 0 radical (unpaired) electrons. The third kappa shape index (κ3) is 4.28. The maximum absolute atomic E-state index is 11.8. The van der Waals surface area contributed by atoms with Crippen LogP contribution in [0.2, 0.25) is 0 Å². The van der Waals surface area contributed by atoms with E-state index in [0.29, 0.717) is 12.0 Å². The van der Waals surface area contributed by atoms with E-state index in [-0.39, 0.29) is 5.91 Å². The summed E-state index contributed by atoms with van der Waals surface area (Å²) in [5, 5.41) is 8.67. The molecule has 1 amide bonds. The Balaban J connectivity index is 2.52. The Hall–Kier alpha value is -1.82. The van der Waals surface area contributed by atoms with E-state index in [0.717, 1.165) is 24.9 Å². The van der Waals surface area contributed by atoms with Gasteiger partial charge in [-0.3, -0.25) is 4.79 Å². The largest absolute Gasteiger partial charge is 0.345 e. The minimum absolute atomic E-state index is 0.128. The van der Waals surface area contributed by atoms with Gasteiger partial charge in [0.05, 0.1) is 18.1 Å². The number of carbonyl (C=O) groups is 1. The van der Waals surface area contributed by atoms with Crippen molar-refractivity contribution in [2.24, 2.45) is 0 Å². The van der Waals surface area contributed by atoms with Crippen LogP contribution < -0.4 is 0 Å². The molecule has 0 saturated heterocycles. The van der Waals surface area contributed by atoms with E-state index in [1.165, 1.54) is 0 Å². The minimum Gasteiger partial charge on any atom is -0.345 e. The molecule has 1 rings (SSSR count). The van der Waals surface area contributed by atoms with Crippen LogP contribution in [0.1, 0.15) is 30.9 Å². The van der Waals surface area contributed by atoms with Crippen molar-refractivity contribution in [1.82, 2.24) is 4.90 Å². The van der Waals surface area contributed by atoms with Gasteiger partial charge in [-0.25, -0.2) is 0 Å². The van der Waals surface area contributed by atoms with E-state index in [4.69, 9.17) is 5.26 Å². The molecule has 0 atom stereocenters. The Morgan fingerprint density at radius 1 is 1.35 bits per heavy atom. The van der Waals surface area contributed by atoms with Crippen LogP contribution in [0.15, 0.2) is 24.3 Å². The lowest BCUT2D eigenvalue weighted by Crippen LogP contribution is -2.29. The van der Waals surface area contributed by atoms with Crippen LogP contribution in [0.5, 0.6) is 0 Å². The average molecular weight is 230 g/mol. The van der Waals surface area contributed by atoms with Crippen LogP contribution in [0.3, 0.4) is 0 Å². The summed E-state index contributed by atoms with van der Waals surface area (Å²) in [7, 11) is 1.83. The smallest absolute Gasteiger partial charge is 0.226 e. The number of nitriles is 1. The van der Waals surface area contributed by atoms with Crippen molar-refractivity contribution in [3.63, 3.8) is 0 Å². The van der Waals surface area contributed by atoms with E-state index in [1.54, 1.807) is 17.0 Å². The summed E-state index contributed by atoms with van der Waals surface area (Å²) < 4.78 is 0. The van der Waals surface area contributed by atoms with Crippen LogP contribution in [0.4, 0.5) is 0 Å². The fraction of sp³-hybridized carbons (Fsp3) is 0.429. The summed E-state index contributed by atoms with van der Waals surface area (Å²) in [6.07, 6.45) is 2.54. The third-order valence-electron chi connectivity index (χ3n) is 2.71. The SMILES string of the molecule is CCCCN(C)C(=O)Cc1ccc(C#N)cc1. The normalized spacial score (nSPS) is 9.71. The molecule has 0 spiro atoms. The highest BCUT2D eigenvalue weighted by atomic mass is 16.2. The van der Waals surface area contributed by atoms with E-state index < -0.39 is 0 Å². The molecule has 0 aromatic heterocycles. The fourth-order valence-corrected chi connectivity index (χ4v) is 1.53. The second-order valence-electron chi connectivity index (χ2n) is 4.15. The molecule has 0 bridgehead atoms. The zero-order valence-corrected chi connectivity index (χ0v) is 10.4. The fourth-order valence-electron chi connectivity index (χ4n) is 1.53. The molecule has 0 saturated carbocycles. The van der Waals surface area contributed by atoms with Crippen molar-refractivity contribution < 1.29 is 4.79 Å². The monoisotopic (exact) mass is 230 g/mol. The molecular formula is C14H18N2O. The van der Waals surface area contributed by atoms with Gasteiger partial charge in [-0.05, 0) is 24.1 Å². The van der Waals surface area contributed by atoms with Crippen molar-refractivity contribution in [3.8, 4) is 6.07 Å². The van der Waals surface area contributed by atoms with E-state index >= 15 is 0 Å². The molecule has 1 aromatic rings. The molecule has 1 aromatic carbocycles. The number of hydrogen-bond donors (Lipinski definition) is 0. The first-order chi connectivity index (χ1) is 8.17.